The van der Waals surface area contributed by atoms with E-state index < -0.39 is 0 Å². The first-order valence-corrected chi connectivity index (χ1v) is 8.11. The van der Waals surface area contributed by atoms with Crippen molar-refractivity contribution in [1.29, 1.82) is 0 Å². The second-order valence-electron chi connectivity index (χ2n) is 5.34. The molecule has 0 unspecified atom stereocenters. The lowest BCUT2D eigenvalue weighted by Crippen LogP contribution is -2.22. The van der Waals surface area contributed by atoms with Crippen molar-refractivity contribution in [3.8, 4) is 11.5 Å². The number of unbranched alkanes of at least 4 members (excludes halogenated alkanes) is 1. The highest BCUT2D eigenvalue weighted by Gasteiger charge is 2.03. The van der Waals surface area contributed by atoms with E-state index in [2.05, 4.69) is 17.6 Å². The molecule has 0 saturated carbocycles. The SMILES string of the molecule is CCCCNCCC(=O)Nc1ccc(Oc2ccccc2)cc1. The number of carbonyl (C=O) groups is 1. The summed E-state index contributed by atoms with van der Waals surface area (Å²) in [6, 6.07) is 17.0. The molecule has 0 aliphatic heterocycles. The Morgan fingerprint density at radius 2 is 1.65 bits per heavy atom. The molecule has 0 aliphatic carbocycles. The Balaban J connectivity index is 1.75. The molecule has 0 aliphatic rings. The summed E-state index contributed by atoms with van der Waals surface area (Å²) in [5.74, 6) is 1.56. The van der Waals surface area contributed by atoms with E-state index in [0.29, 0.717) is 13.0 Å². The summed E-state index contributed by atoms with van der Waals surface area (Å²) in [6.07, 6.45) is 2.78. The zero-order chi connectivity index (χ0) is 16.3. The molecule has 2 rings (SSSR count). The highest BCUT2D eigenvalue weighted by atomic mass is 16.5. The van der Waals surface area contributed by atoms with Crippen LogP contribution in [0.1, 0.15) is 26.2 Å². The molecular formula is C19H24N2O2. The predicted octanol–water partition coefficient (Wildman–Crippen LogP) is 4.20. The largest absolute Gasteiger partial charge is 0.457 e. The summed E-state index contributed by atoms with van der Waals surface area (Å²) in [6.45, 7) is 3.83. The summed E-state index contributed by atoms with van der Waals surface area (Å²) >= 11 is 0. The minimum Gasteiger partial charge on any atom is -0.457 e. The summed E-state index contributed by atoms with van der Waals surface area (Å²) in [4.78, 5) is 11.8. The van der Waals surface area contributed by atoms with Crippen LogP contribution in [0.25, 0.3) is 0 Å². The fourth-order valence-electron chi connectivity index (χ4n) is 2.08. The number of para-hydroxylation sites is 1. The third-order valence-electron chi connectivity index (χ3n) is 3.35. The predicted molar refractivity (Wildman–Crippen MR) is 94.0 cm³/mol. The van der Waals surface area contributed by atoms with E-state index in [-0.39, 0.29) is 5.91 Å². The smallest absolute Gasteiger partial charge is 0.225 e. The van der Waals surface area contributed by atoms with E-state index in [1.165, 1.54) is 0 Å². The molecule has 2 N–H and O–H groups in total. The lowest BCUT2D eigenvalue weighted by molar-refractivity contribution is -0.116. The molecule has 0 bridgehead atoms. The van der Waals surface area contributed by atoms with Gasteiger partial charge < -0.3 is 15.4 Å². The van der Waals surface area contributed by atoms with Crippen LogP contribution in [0.5, 0.6) is 11.5 Å². The zero-order valence-corrected chi connectivity index (χ0v) is 13.5. The van der Waals surface area contributed by atoms with Crippen LogP contribution in [0.3, 0.4) is 0 Å². The quantitative estimate of drug-likeness (QED) is 0.682. The van der Waals surface area contributed by atoms with Crippen molar-refractivity contribution in [2.75, 3.05) is 18.4 Å². The van der Waals surface area contributed by atoms with Crippen LogP contribution in [0, 0.1) is 0 Å². The number of rotatable bonds is 9. The fraction of sp³-hybridized carbons (Fsp3) is 0.316. The van der Waals surface area contributed by atoms with Gasteiger partial charge in [0.05, 0.1) is 0 Å². The van der Waals surface area contributed by atoms with E-state index in [0.717, 1.165) is 36.6 Å². The molecule has 23 heavy (non-hydrogen) atoms. The topological polar surface area (TPSA) is 50.4 Å². The van der Waals surface area contributed by atoms with Crippen LogP contribution < -0.4 is 15.4 Å². The molecule has 0 atom stereocenters. The number of nitrogens with one attached hydrogen (secondary N) is 2. The molecule has 0 fully saturated rings. The monoisotopic (exact) mass is 312 g/mol. The summed E-state index contributed by atoms with van der Waals surface area (Å²) in [5.41, 5.74) is 0.781. The van der Waals surface area contributed by atoms with Crippen molar-refractivity contribution >= 4 is 11.6 Å². The average molecular weight is 312 g/mol. The lowest BCUT2D eigenvalue weighted by atomic mass is 10.2. The van der Waals surface area contributed by atoms with Crippen LogP contribution in [-0.2, 0) is 4.79 Å². The Hall–Kier alpha value is -2.33. The van der Waals surface area contributed by atoms with Gasteiger partial charge in [-0.1, -0.05) is 31.5 Å². The summed E-state index contributed by atoms with van der Waals surface area (Å²) < 4.78 is 5.72. The van der Waals surface area contributed by atoms with Gasteiger partial charge in [0.2, 0.25) is 5.91 Å². The van der Waals surface area contributed by atoms with Crippen LogP contribution in [0.4, 0.5) is 5.69 Å². The maximum atomic E-state index is 11.8. The Morgan fingerprint density at radius 3 is 2.35 bits per heavy atom. The normalized spacial score (nSPS) is 10.3. The van der Waals surface area contributed by atoms with E-state index >= 15 is 0 Å². The third-order valence-corrected chi connectivity index (χ3v) is 3.35. The first kappa shape index (κ1) is 17.0. The van der Waals surface area contributed by atoms with Gasteiger partial charge >= 0.3 is 0 Å². The van der Waals surface area contributed by atoms with Gasteiger partial charge in [0.1, 0.15) is 11.5 Å². The first-order valence-electron chi connectivity index (χ1n) is 8.11. The van der Waals surface area contributed by atoms with Crippen molar-refractivity contribution in [1.82, 2.24) is 5.32 Å². The molecule has 2 aromatic carbocycles. The van der Waals surface area contributed by atoms with Crippen molar-refractivity contribution < 1.29 is 9.53 Å². The van der Waals surface area contributed by atoms with E-state index in [1.807, 2.05) is 54.6 Å². The van der Waals surface area contributed by atoms with Gasteiger partial charge in [-0.15, -0.1) is 0 Å². The molecule has 0 radical (unpaired) electrons. The molecule has 4 heteroatoms. The Kier molecular flexibility index (Phi) is 7.14. The maximum Gasteiger partial charge on any atom is 0.225 e. The molecule has 0 saturated heterocycles. The van der Waals surface area contributed by atoms with E-state index in [9.17, 15) is 4.79 Å². The molecule has 1 amide bonds. The molecule has 4 nitrogen and oxygen atoms in total. The Labute approximate surface area is 137 Å². The third kappa shape index (κ3) is 6.53. The number of anilines is 1. The second-order valence-corrected chi connectivity index (χ2v) is 5.34. The van der Waals surface area contributed by atoms with E-state index in [4.69, 9.17) is 4.74 Å². The maximum absolute atomic E-state index is 11.8. The van der Waals surface area contributed by atoms with Gasteiger partial charge in [-0.25, -0.2) is 0 Å². The van der Waals surface area contributed by atoms with Crippen molar-refractivity contribution in [3.05, 3.63) is 54.6 Å². The molecule has 2 aromatic rings. The van der Waals surface area contributed by atoms with Crippen LogP contribution in [-0.4, -0.2) is 19.0 Å². The highest BCUT2D eigenvalue weighted by molar-refractivity contribution is 5.90. The Morgan fingerprint density at radius 1 is 0.957 bits per heavy atom. The first-order chi connectivity index (χ1) is 11.3. The van der Waals surface area contributed by atoms with Gasteiger partial charge in [-0.05, 0) is 49.4 Å². The van der Waals surface area contributed by atoms with E-state index in [1.54, 1.807) is 0 Å². The number of amides is 1. The van der Waals surface area contributed by atoms with Gasteiger partial charge in [-0.2, -0.15) is 0 Å². The van der Waals surface area contributed by atoms with Gasteiger partial charge in [0.15, 0.2) is 0 Å². The summed E-state index contributed by atoms with van der Waals surface area (Å²) in [7, 11) is 0. The fourth-order valence-corrected chi connectivity index (χ4v) is 2.08. The molecule has 0 spiro atoms. The molecule has 0 aromatic heterocycles. The van der Waals surface area contributed by atoms with Gasteiger partial charge in [0.25, 0.3) is 0 Å². The number of hydrogen-bond acceptors (Lipinski definition) is 3. The minimum atomic E-state index is 0.0192. The Bertz CT molecular complexity index is 582. The van der Waals surface area contributed by atoms with Gasteiger partial charge in [0, 0.05) is 18.7 Å². The molecular weight excluding hydrogens is 288 g/mol. The van der Waals surface area contributed by atoms with Crippen molar-refractivity contribution in [2.45, 2.75) is 26.2 Å². The van der Waals surface area contributed by atoms with Crippen LogP contribution >= 0.6 is 0 Å². The average Bonchev–Trinajstić information content (AvgIpc) is 2.57. The standard InChI is InChI=1S/C19H24N2O2/c1-2-3-14-20-15-13-19(22)21-16-9-11-18(12-10-16)23-17-7-5-4-6-8-17/h4-12,20H,2-3,13-15H2,1H3,(H,21,22). The van der Waals surface area contributed by atoms with Gasteiger partial charge in [-0.3, -0.25) is 4.79 Å². The summed E-state index contributed by atoms with van der Waals surface area (Å²) in [5, 5.41) is 6.15. The number of ether oxygens (including phenoxy) is 1. The minimum absolute atomic E-state index is 0.0192. The highest BCUT2D eigenvalue weighted by Crippen LogP contribution is 2.22. The van der Waals surface area contributed by atoms with Crippen molar-refractivity contribution in [2.24, 2.45) is 0 Å². The van der Waals surface area contributed by atoms with Crippen LogP contribution in [0.15, 0.2) is 54.6 Å². The number of carbonyl (C=O) groups excluding carboxylic acids is 1. The number of hydrogen-bond donors (Lipinski definition) is 2. The molecule has 0 heterocycles. The zero-order valence-electron chi connectivity index (χ0n) is 13.5. The lowest BCUT2D eigenvalue weighted by Gasteiger charge is -2.08. The number of benzene rings is 2. The second kappa shape index (κ2) is 9.64. The molecule has 122 valence electrons. The van der Waals surface area contributed by atoms with Crippen molar-refractivity contribution in [3.63, 3.8) is 0 Å². The van der Waals surface area contributed by atoms with Crippen LogP contribution in [0.2, 0.25) is 0 Å².